The summed E-state index contributed by atoms with van der Waals surface area (Å²) in [6.45, 7) is 1.12. The molecule has 1 unspecified atom stereocenters. The summed E-state index contributed by atoms with van der Waals surface area (Å²) in [6, 6.07) is 2.08. The van der Waals surface area contributed by atoms with Gasteiger partial charge in [0.2, 0.25) is 11.6 Å². The highest BCUT2D eigenvalue weighted by molar-refractivity contribution is 6.02. The van der Waals surface area contributed by atoms with Gasteiger partial charge in [-0.1, -0.05) is 12.8 Å². The van der Waals surface area contributed by atoms with E-state index >= 15 is 4.39 Å². The van der Waals surface area contributed by atoms with Gasteiger partial charge in [0.15, 0.2) is 5.82 Å². The molecule has 0 bridgehead atoms. The van der Waals surface area contributed by atoms with E-state index < -0.39 is 28.9 Å². The number of carboxylic acids is 1. The van der Waals surface area contributed by atoms with Gasteiger partial charge in [-0.15, -0.1) is 0 Å². The van der Waals surface area contributed by atoms with Gasteiger partial charge in [0.25, 0.3) is 5.91 Å². The number of carbonyl (C=O) groups is 2. The van der Waals surface area contributed by atoms with Crippen LogP contribution in [0.1, 0.15) is 43.0 Å². The SMILES string of the molecule is COc1cc(C(=O)O)c(F)cc1Nc1ncc2c(n1)N(C1CCCC1)CC(C)(F)C(=O)N2C. The summed E-state index contributed by atoms with van der Waals surface area (Å²) in [5.41, 5.74) is -2.14. The Morgan fingerprint density at radius 1 is 1.33 bits per heavy atom. The predicted molar refractivity (Wildman–Crippen MR) is 118 cm³/mol. The monoisotopic (exact) mass is 461 g/mol. The molecule has 2 N–H and O–H groups in total. The number of carbonyl (C=O) groups excluding carboxylic acids is 1. The van der Waals surface area contributed by atoms with Crippen molar-refractivity contribution in [2.45, 2.75) is 44.3 Å². The van der Waals surface area contributed by atoms with E-state index in [-0.39, 0.29) is 30.0 Å². The molecule has 1 fully saturated rings. The fourth-order valence-corrected chi connectivity index (χ4v) is 4.42. The molecule has 1 atom stereocenters. The number of nitrogens with zero attached hydrogens (tertiary/aromatic N) is 4. The summed E-state index contributed by atoms with van der Waals surface area (Å²) < 4.78 is 34.8. The minimum atomic E-state index is -2.11. The number of methoxy groups -OCH3 is 1. The second-order valence-electron chi connectivity index (χ2n) is 8.49. The largest absolute Gasteiger partial charge is 0.495 e. The fraction of sp³-hybridized carbons (Fsp3) is 0.455. The zero-order chi connectivity index (χ0) is 23.9. The molecule has 1 aromatic heterocycles. The van der Waals surface area contributed by atoms with Gasteiger partial charge in [-0.3, -0.25) is 4.79 Å². The maximum Gasteiger partial charge on any atom is 0.338 e. The molecular weight excluding hydrogens is 436 g/mol. The molecule has 2 aliphatic rings. The summed E-state index contributed by atoms with van der Waals surface area (Å²) in [5, 5.41) is 12.0. The van der Waals surface area contributed by atoms with Crippen molar-refractivity contribution < 1.29 is 28.2 Å². The number of alkyl halides is 1. The Kier molecular flexibility index (Phi) is 5.81. The summed E-state index contributed by atoms with van der Waals surface area (Å²) in [7, 11) is 2.81. The zero-order valence-electron chi connectivity index (χ0n) is 18.6. The number of amides is 1. The minimum absolute atomic E-state index is 0.0303. The van der Waals surface area contributed by atoms with Crippen LogP contribution in [-0.2, 0) is 4.79 Å². The van der Waals surface area contributed by atoms with Crippen LogP contribution < -0.4 is 19.9 Å². The quantitative estimate of drug-likeness (QED) is 0.697. The van der Waals surface area contributed by atoms with Crippen molar-refractivity contribution in [2.75, 3.05) is 35.8 Å². The van der Waals surface area contributed by atoms with Gasteiger partial charge >= 0.3 is 5.97 Å². The van der Waals surface area contributed by atoms with E-state index in [1.54, 1.807) is 0 Å². The number of hydrogen-bond acceptors (Lipinski definition) is 7. The Balaban J connectivity index is 1.76. The molecule has 1 amide bonds. The summed E-state index contributed by atoms with van der Waals surface area (Å²) in [5.74, 6) is -2.50. The lowest BCUT2D eigenvalue weighted by Gasteiger charge is -2.32. The molecule has 0 spiro atoms. The average Bonchev–Trinajstić information content (AvgIpc) is 3.29. The lowest BCUT2D eigenvalue weighted by molar-refractivity contribution is -0.128. The molecule has 0 saturated heterocycles. The van der Waals surface area contributed by atoms with Crippen LogP contribution in [0, 0.1) is 5.82 Å². The number of aromatic carboxylic acids is 1. The third kappa shape index (κ3) is 4.14. The van der Waals surface area contributed by atoms with Crippen molar-refractivity contribution >= 4 is 35.0 Å². The van der Waals surface area contributed by atoms with E-state index in [0.29, 0.717) is 11.5 Å². The molecular formula is C22H25F2N5O4. The first kappa shape index (κ1) is 22.7. The number of fused-ring (bicyclic) bond motifs is 1. The molecule has 2 heterocycles. The molecule has 0 radical (unpaired) electrons. The topological polar surface area (TPSA) is 108 Å². The van der Waals surface area contributed by atoms with Gasteiger partial charge in [0, 0.05) is 19.2 Å². The van der Waals surface area contributed by atoms with Gasteiger partial charge < -0.3 is 25.0 Å². The first-order valence-corrected chi connectivity index (χ1v) is 10.6. The Morgan fingerprint density at radius 3 is 2.67 bits per heavy atom. The number of rotatable bonds is 5. The van der Waals surface area contributed by atoms with Gasteiger partial charge in [-0.25, -0.2) is 18.6 Å². The van der Waals surface area contributed by atoms with Crippen LogP contribution >= 0.6 is 0 Å². The molecule has 1 saturated carbocycles. The Labute approximate surface area is 189 Å². The summed E-state index contributed by atoms with van der Waals surface area (Å²) in [6.07, 6.45) is 5.14. The third-order valence-electron chi connectivity index (χ3n) is 6.13. The van der Waals surface area contributed by atoms with Crippen LogP contribution in [0.15, 0.2) is 18.3 Å². The van der Waals surface area contributed by atoms with Gasteiger partial charge in [-0.05, 0) is 25.8 Å². The van der Waals surface area contributed by atoms with Crippen LogP contribution in [0.5, 0.6) is 5.75 Å². The van der Waals surface area contributed by atoms with Crippen LogP contribution in [0.4, 0.5) is 31.9 Å². The maximum absolute atomic E-state index is 15.3. The van der Waals surface area contributed by atoms with Crippen molar-refractivity contribution in [3.05, 3.63) is 29.7 Å². The molecule has 9 nitrogen and oxygen atoms in total. The number of halogens is 2. The molecule has 176 valence electrons. The highest BCUT2D eigenvalue weighted by atomic mass is 19.1. The normalized spacial score (nSPS) is 21.1. The lowest BCUT2D eigenvalue weighted by Crippen LogP contribution is -2.49. The molecule has 4 rings (SSSR count). The van der Waals surface area contributed by atoms with E-state index in [4.69, 9.17) is 9.84 Å². The number of hydrogen-bond donors (Lipinski definition) is 2. The zero-order valence-corrected chi connectivity index (χ0v) is 18.6. The van der Waals surface area contributed by atoms with Crippen molar-refractivity contribution in [1.29, 1.82) is 0 Å². The average molecular weight is 461 g/mol. The van der Waals surface area contributed by atoms with Gasteiger partial charge in [0.1, 0.15) is 17.3 Å². The number of ether oxygens (including phenoxy) is 1. The standard InChI is InChI=1S/C22H25F2N5O4/c1-22(24)11-29(12-6-4-5-7-12)18-16(28(2)20(22)32)10-25-21(27-18)26-15-9-14(23)13(19(30)31)8-17(15)33-3/h8-10,12H,4-7,11H2,1-3H3,(H,30,31)(H,25,26,27). The molecule has 1 aliphatic carbocycles. The highest BCUT2D eigenvalue weighted by Crippen LogP contribution is 2.39. The smallest absolute Gasteiger partial charge is 0.338 e. The lowest BCUT2D eigenvalue weighted by atomic mass is 10.1. The summed E-state index contributed by atoms with van der Waals surface area (Å²) >= 11 is 0. The van der Waals surface area contributed by atoms with Crippen molar-refractivity contribution in [1.82, 2.24) is 9.97 Å². The first-order valence-electron chi connectivity index (χ1n) is 10.6. The second-order valence-corrected chi connectivity index (χ2v) is 8.49. The molecule has 11 heteroatoms. The Morgan fingerprint density at radius 2 is 2.03 bits per heavy atom. The molecule has 1 aliphatic heterocycles. The Hall–Kier alpha value is -3.50. The number of aromatic nitrogens is 2. The van der Waals surface area contributed by atoms with Crippen LogP contribution in [-0.4, -0.2) is 59.4 Å². The Bertz CT molecular complexity index is 1100. The van der Waals surface area contributed by atoms with E-state index in [0.717, 1.165) is 37.8 Å². The molecule has 2 aromatic rings. The number of nitrogens with one attached hydrogen (secondary N) is 1. The van der Waals surface area contributed by atoms with E-state index in [2.05, 4.69) is 15.3 Å². The van der Waals surface area contributed by atoms with Gasteiger partial charge in [-0.2, -0.15) is 4.98 Å². The molecule has 1 aromatic carbocycles. The van der Waals surface area contributed by atoms with Crippen molar-refractivity contribution in [2.24, 2.45) is 0 Å². The van der Waals surface area contributed by atoms with E-state index in [9.17, 15) is 14.0 Å². The minimum Gasteiger partial charge on any atom is -0.495 e. The van der Waals surface area contributed by atoms with Crippen LogP contribution in [0.25, 0.3) is 0 Å². The second kappa shape index (κ2) is 8.45. The highest BCUT2D eigenvalue weighted by Gasteiger charge is 2.44. The van der Waals surface area contributed by atoms with Crippen molar-refractivity contribution in [3.63, 3.8) is 0 Å². The number of carboxylic acid groups (broad SMARTS) is 1. The van der Waals surface area contributed by atoms with Crippen LogP contribution in [0.3, 0.4) is 0 Å². The predicted octanol–water partition coefficient (Wildman–Crippen LogP) is 3.52. The van der Waals surface area contributed by atoms with E-state index in [1.165, 1.54) is 32.2 Å². The maximum atomic E-state index is 15.3. The van der Waals surface area contributed by atoms with Crippen molar-refractivity contribution in [3.8, 4) is 5.75 Å². The van der Waals surface area contributed by atoms with Gasteiger partial charge in [0.05, 0.1) is 31.1 Å². The van der Waals surface area contributed by atoms with E-state index in [1.807, 2.05) is 4.90 Å². The number of anilines is 4. The van der Waals surface area contributed by atoms with Crippen LogP contribution in [0.2, 0.25) is 0 Å². The number of benzene rings is 1. The summed E-state index contributed by atoms with van der Waals surface area (Å²) in [4.78, 5) is 35.8. The molecule has 33 heavy (non-hydrogen) atoms. The fourth-order valence-electron chi connectivity index (χ4n) is 4.42. The first-order chi connectivity index (χ1) is 15.6. The third-order valence-corrected chi connectivity index (χ3v) is 6.13.